The Morgan fingerprint density at radius 3 is 2.73 bits per heavy atom. The van der Waals surface area contributed by atoms with Gasteiger partial charge in [0.15, 0.2) is 0 Å². The Morgan fingerprint density at radius 1 is 1.64 bits per heavy atom. The van der Waals surface area contributed by atoms with Crippen molar-refractivity contribution >= 4 is 17.1 Å². The second-order valence-corrected chi connectivity index (χ2v) is 3.25. The van der Waals surface area contributed by atoms with Gasteiger partial charge >= 0.3 is 0 Å². The summed E-state index contributed by atoms with van der Waals surface area (Å²) >= 11 is 5.12. The summed E-state index contributed by atoms with van der Waals surface area (Å²) < 4.78 is 5.25. The van der Waals surface area contributed by atoms with Gasteiger partial charge in [-0.2, -0.15) is 0 Å². The molecule has 1 unspecified atom stereocenters. The molecule has 2 nitrogen and oxygen atoms in total. The van der Waals surface area contributed by atoms with Crippen LogP contribution in [0.15, 0.2) is 12.3 Å². The summed E-state index contributed by atoms with van der Waals surface area (Å²) in [6.45, 7) is 2.10. The Kier molecular flexibility index (Phi) is 2.62. The smallest absolute Gasteiger partial charge is 0.112 e. The third-order valence-electron chi connectivity index (χ3n) is 2.09. The van der Waals surface area contributed by atoms with Gasteiger partial charge in [0.1, 0.15) is 6.10 Å². The summed E-state index contributed by atoms with van der Waals surface area (Å²) in [5.41, 5.74) is 0. The lowest BCUT2D eigenvalue weighted by atomic mass is 10.1. The first kappa shape index (κ1) is 8.68. The first-order valence-electron chi connectivity index (χ1n) is 3.63. The molecule has 2 atom stereocenters. The second kappa shape index (κ2) is 3.32. The lowest BCUT2D eigenvalue weighted by molar-refractivity contribution is 0.0928. The summed E-state index contributed by atoms with van der Waals surface area (Å²) in [5.74, 6) is 0. The van der Waals surface area contributed by atoms with Crippen molar-refractivity contribution in [1.82, 2.24) is 4.90 Å². The molecule has 11 heavy (non-hydrogen) atoms. The lowest BCUT2D eigenvalue weighted by Gasteiger charge is -2.33. The summed E-state index contributed by atoms with van der Waals surface area (Å²) in [7, 11) is 3.72. The molecule has 0 saturated carbocycles. The van der Waals surface area contributed by atoms with Crippen LogP contribution >= 0.6 is 12.2 Å². The minimum absolute atomic E-state index is 0.0694. The summed E-state index contributed by atoms with van der Waals surface area (Å²) in [6.07, 6.45) is 3.98. The molecule has 0 spiro atoms. The Morgan fingerprint density at radius 2 is 2.27 bits per heavy atom. The summed E-state index contributed by atoms with van der Waals surface area (Å²) in [6, 6.07) is 0.345. The molecule has 0 amide bonds. The average Bonchev–Trinajstić information content (AvgIpc) is 1.99. The highest BCUT2D eigenvalue weighted by Gasteiger charge is 2.25. The van der Waals surface area contributed by atoms with Crippen molar-refractivity contribution in [3.8, 4) is 0 Å². The molecule has 0 aromatic heterocycles. The number of hydrogen-bond acceptors (Lipinski definition) is 3. The van der Waals surface area contributed by atoms with Crippen LogP contribution in [0.1, 0.15) is 6.92 Å². The predicted octanol–water partition coefficient (Wildman–Crippen LogP) is 1.22. The Balaban J connectivity index is 2.78. The first-order valence-corrected chi connectivity index (χ1v) is 4.04. The van der Waals surface area contributed by atoms with Crippen LogP contribution in [0.25, 0.3) is 0 Å². The number of nitrogens with zero attached hydrogens (tertiary/aromatic N) is 1. The highest BCUT2D eigenvalue weighted by Crippen LogP contribution is 2.13. The Bertz CT molecular complexity index is 191. The minimum atomic E-state index is 0.0694. The van der Waals surface area contributed by atoms with Gasteiger partial charge in [0, 0.05) is 25.2 Å². The van der Waals surface area contributed by atoms with Crippen molar-refractivity contribution < 1.29 is 4.74 Å². The zero-order valence-electron chi connectivity index (χ0n) is 7.07. The van der Waals surface area contributed by atoms with Crippen molar-refractivity contribution in [2.45, 2.75) is 19.1 Å². The Labute approximate surface area is 72.8 Å². The number of thiocarbonyl (C=S) groups is 1. The number of methoxy groups -OCH3 is 1. The Hall–Kier alpha value is -0.410. The van der Waals surface area contributed by atoms with E-state index in [1.165, 1.54) is 0 Å². The molecule has 0 radical (unpaired) electrons. The van der Waals surface area contributed by atoms with E-state index in [9.17, 15) is 0 Å². The lowest BCUT2D eigenvalue weighted by Crippen LogP contribution is -2.44. The third-order valence-corrected chi connectivity index (χ3v) is 2.46. The molecule has 1 aliphatic rings. The highest BCUT2D eigenvalue weighted by atomic mass is 32.1. The van der Waals surface area contributed by atoms with E-state index in [-0.39, 0.29) is 6.10 Å². The fraction of sp³-hybridized carbons (Fsp3) is 0.625. The van der Waals surface area contributed by atoms with Crippen LogP contribution < -0.4 is 0 Å². The fourth-order valence-electron chi connectivity index (χ4n) is 1.19. The van der Waals surface area contributed by atoms with Gasteiger partial charge in [-0.25, -0.2) is 0 Å². The molecule has 0 aromatic rings. The van der Waals surface area contributed by atoms with Gasteiger partial charge < -0.3 is 9.64 Å². The fourth-order valence-corrected chi connectivity index (χ4v) is 1.54. The molecular weight excluding hydrogens is 158 g/mol. The van der Waals surface area contributed by atoms with Crippen molar-refractivity contribution in [3.63, 3.8) is 0 Å². The molecule has 0 N–H and O–H groups in total. The maximum atomic E-state index is 5.25. The van der Waals surface area contributed by atoms with Gasteiger partial charge in [-0.1, -0.05) is 12.2 Å². The van der Waals surface area contributed by atoms with Crippen LogP contribution in [0.2, 0.25) is 0 Å². The van der Waals surface area contributed by atoms with Gasteiger partial charge in [-0.05, 0) is 13.0 Å². The third kappa shape index (κ3) is 1.60. The van der Waals surface area contributed by atoms with Gasteiger partial charge in [-0.15, -0.1) is 0 Å². The molecule has 62 valence electrons. The summed E-state index contributed by atoms with van der Waals surface area (Å²) in [5, 5.41) is 0. The topological polar surface area (TPSA) is 12.5 Å². The van der Waals surface area contributed by atoms with Crippen LogP contribution in [0, 0.1) is 0 Å². The minimum Gasteiger partial charge on any atom is -0.375 e. The van der Waals surface area contributed by atoms with Crippen LogP contribution in [0.4, 0.5) is 0 Å². The predicted molar refractivity (Wildman–Crippen MR) is 49.8 cm³/mol. The number of rotatable bonds is 1. The highest BCUT2D eigenvalue weighted by molar-refractivity contribution is 7.80. The summed E-state index contributed by atoms with van der Waals surface area (Å²) in [4.78, 5) is 2.99. The van der Waals surface area contributed by atoms with E-state index in [0.29, 0.717) is 6.04 Å². The molecule has 1 aliphatic heterocycles. The standard InChI is InChI=1S/C8H13NOS/c1-6-8(10-3)7(11)4-5-9(6)2/h4-6,8H,1-3H3/t6?,8-/m0/s1. The van der Waals surface area contributed by atoms with Crippen LogP contribution in [-0.2, 0) is 4.74 Å². The molecule has 1 rings (SSSR count). The van der Waals surface area contributed by atoms with Crippen molar-refractivity contribution in [2.24, 2.45) is 0 Å². The quantitative estimate of drug-likeness (QED) is 0.550. The molecule has 0 fully saturated rings. The van der Waals surface area contributed by atoms with Crippen molar-refractivity contribution in [2.75, 3.05) is 14.2 Å². The van der Waals surface area contributed by atoms with Crippen LogP contribution in [0.3, 0.4) is 0 Å². The molecule has 3 heteroatoms. The van der Waals surface area contributed by atoms with Crippen LogP contribution in [-0.4, -0.2) is 36.1 Å². The van der Waals surface area contributed by atoms with E-state index >= 15 is 0 Å². The monoisotopic (exact) mass is 171 g/mol. The number of hydrogen-bond donors (Lipinski definition) is 0. The van der Waals surface area contributed by atoms with Crippen molar-refractivity contribution in [1.29, 1.82) is 0 Å². The maximum Gasteiger partial charge on any atom is 0.112 e. The molecule has 0 aliphatic carbocycles. The number of likely N-dealkylation sites (N-methyl/N-ethyl adjacent to an activating group) is 1. The first-order chi connectivity index (χ1) is 5.16. The molecular formula is C8H13NOS. The SMILES string of the molecule is CO[C@@H]1C(=S)C=CN(C)C1C. The van der Waals surface area contributed by atoms with Gasteiger partial charge in [0.25, 0.3) is 0 Å². The molecule has 0 bridgehead atoms. The molecule has 1 heterocycles. The van der Waals surface area contributed by atoms with E-state index < -0.39 is 0 Å². The van der Waals surface area contributed by atoms with Gasteiger partial charge in [0.05, 0.1) is 6.04 Å². The van der Waals surface area contributed by atoms with Gasteiger partial charge in [0.2, 0.25) is 0 Å². The average molecular weight is 171 g/mol. The van der Waals surface area contributed by atoms with Crippen molar-refractivity contribution in [3.05, 3.63) is 12.3 Å². The van der Waals surface area contributed by atoms with E-state index in [0.717, 1.165) is 4.86 Å². The largest absolute Gasteiger partial charge is 0.375 e. The van der Waals surface area contributed by atoms with Gasteiger partial charge in [-0.3, -0.25) is 0 Å². The normalized spacial score (nSPS) is 31.2. The molecule has 0 saturated heterocycles. The zero-order chi connectivity index (χ0) is 8.43. The second-order valence-electron chi connectivity index (χ2n) is 2.78. The van der Waals surface area contributed by atoms with E-state index in [2.05, 4.69) is 11.8 Å². The van der Waals surface area contributed by atoms with E-state index in [1.54, 1.807) is 7.11 Å². The van der Waals surface area contributed by atoms with Crippen LogP contribution in [0.5, 0.6) is 0 Å². The van der Waals surface area contributed by atoms with E-state index in [4.69, 9.17) is 17.0 Å². The maximum absolute atomic E-state index is 5.25. The van der Waals surface area contributed by atoms with E-state index in [1.807, 2.05) is 19.3 Å². The number of ether oxygens (including phenoxy) is 1. The molecule has 0 aromatic carbocycles. The zero-order valence-corrected chi connectivity index (χ0v) is 7.89.